The molecule has 26 heavy (non-hydrogen) atoms. The number of hydrogen-bond donors (Lipinski definition) is 2. The van der Waals surface area contributed by atoms with E-state index in [1.54, 1.807) is 19.0 Å². The van der Waals surface area contributed by atoms with Gasteiger partial charge in [-0.15, -0.1) is 0 Å². The van der Waals surface area contributed by atoms with Gasteiger partial charge >= 0.3 is 0 Å². The number of carbonyl (C=O) groups excluding carboxylic acids is 1. The lowest BCUT2D eigenvalue weighted by Gasteiger charge is -2.25. The monoisotopic (exact) mass is 360 g/mol. The number of aliphatic imine (C=N–C) groups is 1. The van der Waals surface area contributed by atoms with Crippen LogP contribution >= 0.6 is 0 Å². The Labute approximate surface area is 157 Å². The number of ether oxygens (including phenoxy) is 1. The second-order valence-corrected chi connectivity index (χ2v) is 6.83. The second kappa shape index (κ2) is 10.7. The molecule has 1 aromatic rings. The van der Waals surface area contributed by atoms with Crippen LogP contribution in [0.3, 0.4) is 0 Å². The van der Waals surface area contributed by atoms with E-state index in [1.165, 1.54) is 19.3 Å². The van der Waals surface area contributed by atoms with Gasteiger partial charge in [0.2, 0.25) is 5.91 Å². The maximum Gasteiger partial charge on any atom is 0.241 e. The van der Waals surface area contributed by atoms with E-state index in [0.29, 0.717) is 25.2 Å². The first-order valence-corrected chi connectivity index (χ1v) is 9.56. The third kappa shape index (κ3) is 6.58. The molecule has 0 aliphatic heterocycles. The molecule has 6 nitrogen and oxygen atoms in total. The van der Waals surface area contributed by atoms with Crippen LogP contribution in [0.25, 0.3) is 0 Å². The zero-order chi connectivity index (χ0) is 18.8. The molecule has 0 spiro atoms. The van der Waals surface area contributed by atoms with Crippen molar-refractivity contribution in [1.82, 2.24) is 15.5 Å². The minimum atomic E-state index is 0.0258. The van der Waals surface area contributed by atoms with Gasteiger partial charge in [0, 0.05) is 25.7 Å². The van der Waals surface area contributed by atoms with Crippen LogP contribution in [0, 0.1) is 0 Å². The molecule has 1 fully saturated rings. The van der Waals surface area contributed by atoms with Gasteiger partial charge in [0.05, 0.1) is 19.7 Å². The first kappa shape index (κ1) is 20.1. The molecular weight excluding hydrogens is 328 g/mol. The van der Waals surface area contributed by atoms with Crippen molar-refractivity contribution >= 4 is 11.9 Å². The molecule has 0 saturated heterocycles. The number of nitrogens with zero attached hydrogens (tertiary/aromatic N) is 2. The van der Waals surface area contributed by atoms with Gasteiger partial charge in [-0.25, -0.2) is 4.99 Å². The van der Waals surface area contributed by atoms with Crippen LogP contribution in [0.4, 0.5) is 0 Å². The fraction of sp³-hybridized carbons (Fsp3) is 0.600. The molecule has 144 valence electrons. The van der Waals surface area contributed by atoms with Gasteiger partial charge in [-0.05, 0) is 25.8 Å². The maximum absolute atomic E-state index is 11.9. The average molecular weight is 361 g/mol. The number of nitrogens with one attached hydrogen (secondary N) is 2. The molecule has 0 unspecified atom stereocenters. The summed E-state index contributed by atoms with van der Waals surface area (Å²) < 4.78 is 5.68. The number of benzene rings is 1. The standard InChI is InChI=1S/C20H32N4O2/c1-4-26-18-13-9-8-10-16(18)14-21-20(22-15-19(25)24(2)3)23-17-11-6-5-7-12-17/h8-10,13,17H,4-7,11-12,14-15H2,1-3H3,(H2,21,22,23). The van der Waals surface area contributed by atoms with E-state index in [9.17, 15) is 4.79 Å². The normalized spacial score (nSPS) is 15.4. The summed E-state index contributed by atoms with van der Waals surface area (Å²) in [6.07, 6.45) is 6.10. The number of carbonyl (C=O) groups is 1. The van der Waals surface area contributed by atoms with Crippen molar-refractivity contribution in [3.8, 4) is 5.75 Å². The highest BCUT2D eigenvalue weighted by molar-refractivity contribution is 5.86. The highest BCUT2D eigenvalue weighted by Crippen LogP contribution is 2.19. The molecule has 1 amide bonds. The number of para-hydroxylation sites is 1. The lowest BCUT2D eigenvalue weighted by atomic mass is 9.96. The largest absolute Gasteiger partial charge is 0.494 e. The van der Waals surface area contributed by atoms with Crippen molar-refractivity contribution in [2.24, 2.45) is 4.99 Å². The fourth-order valence-electron chi connectivity index (χ4n) is 3.01. The Hall–Kier alpha value is -2.24. The second-order valence-electron chi connectivity index (χ2n) is 6.83. The highest BCUT2D eigenvalue weighted by Gasteiger charge is 2.15. The zero-order valence-corrected chi connectivity index (χ0v) is 16.3. The van der Waals surface area contributed by atoms with E-state index in [4.69, 9.17) is 9.73 Å². The van der Waals surface area contributed by atoms with Gasteiger partial charge in [-0.3, -0.25) is 4.79 Å². The molecule has 1 aliphatic carbocycles. The summed E-state index contributed by atoms with van der Waals surface area (Å²) in [6.45, 7) is 3.35. The minimum absolute atomic E-state index is 0.0258. The SMILES string of the molecule is CCOc1ccccc1CN=C(NCC(=O)N(C)C)NC1CCCCC1. The van der Waals surface area contributed by atoms with Gasteiger partial charge in [0.25, 0.3) is 0 Å². The Morgan fingerprint density at radius 2 is 1.96 bits per heavy atom. The number of hydrogen-bond acceptors (Lipinski definition) is 3. The molecule has 1 saturated carbocycles. The van der Waals surface area contributed by atoms with Crippen molar-refractivity contribution in [2.75, 3.05) is 27.2 Å². The molecule has 1 aliphatic rings. The van der Waals surface area contributed by atoms with Gasteiger partial charge in [-0.2, -0.15) is 0 Å². The maximum atomic E-state index is 11.9. The van der Waals surface area contributed by atoms with Crippen LogP contribution in [0.15, 0.2) is 29.3 Å². The van der Waals surface area contributed by atoms with Crippen molar-refractivity contribution in [3.63, 3.8) is 0 Å². The summed E-state index contributed by atoms with van der Waals surface area (Å²) >= 11 is 0. The van der Waals surface area contributed by atoms with Crippen LogP contribution in [0.5, 0.6) is 5.75 Å². The third-order valence-corrected chi connectivity index (χ3v) is 4.53. The van der Waals surface area contributed by atoms with Crippen LogP contribution < -0.4 is 15.4 Å². The molecule has 2 rings (SSSR count). The topological polar surface area (TPSA) is 66.0 Å². The third-order valence-electron chi connectivity index (χ3n) is 4.53. The van der Waals surface area contributed by atoms with Crippen LogP contribution in [0.2, 0.25) is 0 Å². The molecule has 0 radical (unpaired) electrons. The Morgan fingerprint density at radius 1 is 1.23 bits per heavy atom. The van der Waals surface area contributed by atoms with Gasteiger partial charge in [-0.1, -0.05) is 37.5 Å². The summed E-state index contributed by atoms with van der Waals surface area (Å²) in [6, 6.07) is 8.37. The van der Waals surface area contributed by atoms with E-state index in [0.717, 1.165) is 24.2 Å². The van der Waals surface area contributed by atoms with Crippen LogP contribution in [-0.2, 0) is 11.3 Å². The molecule has 0 heterocycles. The fourth-order valence-corrected chi connectivity index (χ4v) is 3.01. The first-order chi connectivity index (χ1) is 12.6. The van der Waals surface area contributed by atoms with E-state index in [-0.39, 0.29) is 12.5 Å². The number of amides is 1. The first-order valence-electron chi connectivity index (χ1n) is 9.56. The Kier molecular flexibility index (Phi) is 8.25. The van der Waals surface area contributed by atoms with Crippen molar-refractivity contribution in [3.05, 3.63) is 29.8 Å². The highest BCUT2D eigenvalue weighted by atomic mass is 16.5. The van der Waals surface area contributed by atoms with Crippen LogP contribution in [0.1, 0.15) is 44.6 Å². The van der Waals surface area contributed by atoms with Crippen LogP contribution in [-0.4, -0.2) is 50.1 Å². The molecule has 0 bridgehead atoms. The van der Waals surface area contributed by atoms with E-state index < -0.39 is 0 Å². The Balaban J connectivity index is 2.05. The average Bonchev–Trinajstić information content (AvgIpc) is 2.65. The van der Waals surface area contributed by atoms with E-state index in [1.807, 2.05) is 31.2 Å². The summed E-state index contributed by atoms with van der Waals surface area (Å²) in [7, 11) is 3.52. The van der Waals surface area contributed by atoms with E-state index >= 15 is 0 Å². The van der Waals surface area contributed by atoms with Gasteiger partial charge in [0.1, 0.15) is 5.75 Å². The lowest BCUT2D eigenvalue weighted by molar-refractivity contribution is -0.127. The lowest BCUT2D eigenvalue weighted by Crippen LogP contribution is -2.47. The number of rotatable bonds is 7. The number of guanidine groups is 1. The predicted octanol–water partition coefficient (Wildman–Crippen LogP) is 2.54. The zero-order valence-electron chi connectivity index (χ0n) is 16.3. The molecule has 0 atom stereocenters. The molecular formula is C20H32N4O2. The molecule has 6 heteroatoms. The summed E-state index contributed by atoms with van der Waals surface area (Å²) in [5.41, 5.74) is 1.04. The molecule has 2 N–H and O–H groups in total. The molecule has 1 aromatic carbocycles. The Bertz CT molecular complexity index is 595. The van der Waals surface area contributed by atoms with Gasteiger partial charge < -0.3 is 20.3 Å². The quantitative estimate of drug-likeness (QED) is 0.579. The minimum Gasteiger partial charge on any atom is -0.494 e. The van der Waals surface area contributed by atoms with E-state index in [2.05, 4.69) is 10.6 Å². The van der Waals surface area contributed by atoms with Crippen molar-refractivity contribution in [1.29, 1.82) is 0 Å². The van der Waals surface area contributed by atoms with Crippen molar-refractivity contribution < 1.29 is 9.53 Å². The summed E-state index contributed by atoms with van der Waals surface area (Å²) in [4.78, 5) is 18.2. The molecule has 0 aromatic heterocycles. The smallest absolute Gasteiger partial charge is 0.241 e. The summed E-state index contributed by atoms with van der Waals surface area (Å²) in [5.74, 6) is 1.58. The summed E-state index contributed by atoms with van der Waals surface area (Å²) in [5, 5.41) is 6.68. The predicted molar refractivity (Wildman–Crippen MR) is 105 cm³/mol. The van der Waals surface area contributed by atoms with Crippen molar-refractivity contribution in [2.45, 2.75) is 51.6 Å². The Morgan fingerprint density at radius 3 is 2.65 bits per heavy atom. The van der Waals surface area contributed by atoms with Gasteiger partial charge in [0.15, 0.2) is 5.96 Å². The number of likely N-dealkylation sites (N-methyl/N-ethyl adjacent to an activating group) is 1.